The largest absolute Gasteiger partial charge is 0.330 e. The van der Waals surface area contributed by atoms with Crippen LogP contribution >= 0.6 is 0 Å². The summed E-state index contributed by atoms with van der Waals surface area (Å²) in [6, 6.07) is 1.41. The second kappa shape index (κ2) is 5.63. The third-order valence-corrected chi connectivity index (χ3v) is 4.49. The summed E-state index contributed by atoms with van der Waals surface area (Å²) in [5, 5.41) is 4.08. The predicted molar refractivity (Wildman–Crippen MR) is 86.6 cm³/mol. The highest BCUT2D eigenvalue weighted by Gasteiger charge is 2.30. The Labute approximate surface area is 137 Å². The van der Waals surface area contributed by atoms with Crippen molar-refractivity contribution in [3.05, 3.63) is 52.5 Å². The van der Waals surface area contributed by atoms with E-state index in [1.54, 1.807) is 42.6 Å². The number of hydrogen-bond donors (Lipinski definition) is 1. The molecule has 1 amide bonds. The normalized spacial score (nSPS) is 18.2. The van der Waals surface area contributed by atoms with Crippen LogP contribution in [0.2, 0.25) is 0 Å². The van der Waals surface area contributed by atoms with E-state index in [1.165, 1.54) is 4.40 Å². The van der Waals surface area contributed by atoms with Crippen molar-refractivity contribution in [1.29, 1.82) is 0 Å². The minimum Gasteiger partial charge on any atom is -0.330 e. The molecule has 0 unspecified atom stereocenters. The van der Waals surface area contributed by atoms with E-state index in [1.807, 2.05) is 4.90 Å². The average molecular weight is 326 g/mol. The van der Waals surface area contributed by atoms with Gasteiger partial charge in [0.2, 0.25) is 5.78 Å². The molecule has 4 rings (SSSR count). The molecule has 0 aliphatic carbocycles. The van der Waals surface area contributed by atoms with Crippen molar-refractivity contribution >= 4 is 11.7 Å². The Bertz CT molecular complexity index is 953. The van der Waals surface area contributed by atoms with Crippen molar-refractivity contribution in [3.63, 3.8) is 0 Å². The summed E-state index contributed by atoms with van der Waals surface area (Å²) in [5.74, 6) is 0.439. The predicted octanol–water partition coefficient (Wildman–Crippen LogP) is 1.12. The molecule has 1 atom stereocenters. The SMILES string of the molecule is Cn1cc(C(=O)N2CCCC[C@H]2c2cc(=O)n3ccnc3[nH]2)cn1. The molecule has 0 radical (unpaired) electrons. The van der Waals surface area contributed by atoms with Crippen LogP contribution in [-0.4, -0.2) is 41.5 Å². The van der Waals surface area contributed by atoms with E-state index in [4.69, 9.17) is 0 Å². The fourth-order valence-electron chi connectivity index (χ4n) is 3.32. The van der Waals surface area contributed by atoms with E-state index in [-0.39, 0.29) is 17.5 Å². The first-order chi connectivity index (χ1) is 11.6. The van der Waals surface area contributed by atoms with Gasteiger partial charge >= 0.3 is 0 Å². The summed E-state index contributed by atoms with van der Waals surface area (Å²) in [4.78, 5) is 34.3. The number of carbonyl (C=O) groups excluding carboxylic acids is 1. The first kappa shape index (κ1) is 14.7. The number of hydrogen-bond acceptors (Lipinski definition) is 4. The van der Waals surface area contributed by atoms with Gasteiger partial charge in [-0.2, -0.15) is 5.10 Å². The number of rotatable bonds is 2. The third-order valence-electron chi connectivity index (χ3n) is 4.49. The molecule has 0 spiro atoms. The summed E-state index contributed by atoms with van der Waals surface area (Å²) in [5.41, 5.74) is 1.15. The van der Waals surface area contributed by atoms with Crippen LogP contribution in [0, 0.1) is 0 Å². The Morgan fingerprint density at radius 1 is 1.38 bits per heavy atom. The third kappa shape index (κ3) is 2.40. The van der Waals surface area contributed by atoms with E-state index in [9.17, 15) is 9.59 Å². The van der Waals surface area contributed by atoms with Gasteiger partial charge in [0.25, 0.3) is 11.5 Å². The van der Waals surface area contributed by atoms with Gasteiger partial charge in [0.15, 0.2) is 0 Å². The highest BCUT2D eigenvalue weighted by Crippen LogP contribution is 2.30. The molecule has 124 valence electrons. The molecule has 0 bridgehead atoms. The second-order valence-corrected chi connectivity index (χ2v) is 6.10. The van der Waals surface area contributed by atoms with Crippen LogP contribution in [0.15, 0.2) is 35.6 Å². The average Bonchev–Trinajstić information content (AvgIpc) is 3.23. The monoisotopic (exact) mass is 326 g/mol. The lowest BCUT2D eigenvalue weighted by molar-refractivity contribution is 0.0606. The molecule has 3 aromatic rings. The zero-order valence-corrected chi connectivity index (χ0v) is 13.3. The zero-order valence-electron chi connectivity index (χ0n) is 13.3. The molecule has 24 heavy (non-hydrogen) atoms. The first-order valence-electron chi connectivity index (χ1n) is 7.99. The number of H-pyrrole nitrogens is 1. The van der Waals surface area contributed by atoms with Crippen molar-refractivity contribution in [2.24, 2.45) is 7.05 Å². The number of nitrogens with zero attached hydrogens (tertiary/aromatic N) is 5. The van der Waals surface area contributed by atoms with Crippen molar-refractivity contribution in [1.82, 2.24) is 29.0 Å². The van der Waals surface area contributed by atoms with Crippen LogP contribution < -0.4 is 5.56 Å². The van der Waals surface area contributed by atoms with Gasteiger partial charge in [-0.25, -0.2) is 4.98 Å². The molecule has 1 saturated heterocycles. The number of aryl methyl sites for hydroxylation is 1. The van der Waals surface area contributed by atoms with Crippen molar-refractivity contribution in [2.75, 3.05) is 6.54 Å². The lowest BCUT2D eigenvalue weighted by Gasteiger charge is -2.35. The Kier molecular flexibility index (Phi) is 3.44. The number of piperidine rings is 1. The first-order valence-corrected chi connectivity index (χ1v) is 7.99. The van der Waals surface area contributed by atoms with Crippen LogP contribution in [0.4, 0.5) is 0 Å². The van der Waals surface area contributed by atoms with Crippen LogP contribution in [0.25, 0.3) is 5.78 Å². The van der Waals surface area contributed by atoms with E-state index in [0.29, 0.717) is 17.9 Å². The zero-order chi connectivity index (χ0) is 16.7. The van der Waals surface area contributed by atoms with Crippen molar-refractivity contribution in [2.45, 2.75) is 25.3 Å². The Morgan fingerprint density at radius 3 is 3.04 bits per heavy atom. The highest BCUT2D eigenvalue weighted by atomic mass is 16.2. The maximum absolute atomic E-state index is 12.9. The Morgan fingerprint density at radius 2 is 2.25 bits per heavy atom. The molecule has 8 nitrogen and oxygen atoms in total. The molecule has 8 heteroatoms. The lowest BCUT2D eigenvalue weighted by Crippen LogP contribution is -2.39. The number of carbonyl (C=O) groups is 1. The molecular weight excluding hydrogens is 308 g/mol. The quantitative estimate of drug-likeness (QED) is 0.764. The van der Waals surface area contributed by atoms with E-state index < -0.39 is 0 Å². The number of nitrogens with one attached hydrogen (secondary N) is 1. The van der Waals surface area contributed by atoms with Crippen molar-refractivity contribution < 1.29 is 4.79 Å². The van der Waals surface area contributed by atoms with Crippen LogP contribution in [0.3, 0.4) is 0 Å². The van der Waals surface area contributed by atoms with Gasteiger partial charge in [0, 0.05) is 43.9 Å². The van der Waals surface area contributed by atoms with Crippen LogP contribution in [-0.2, 0) is 7.05 Å². The van der Waals surface area contributed by atoms with Gasteiger partial charge in [-0.3, -0.25) is 18.7 Å². The minimum absolute atomic E-state index is 0.0585. The summed E-state index contributed by atoms with van der Waals surface area (Å²) < 4.78 is 3.07. The van der Waals surface area contributed by atoms with Gasteiger partial charge in [-0.1, -0.05) is 0 Å². The molecule has 1 aliphatic heterocycles. The molecule has 0 aromatic carbocycles. The number of aromatic nitrogens is 5. The number of fused-ring (bicyclic) bond motifs is 1. The molecule has 1 N–H and O–H groups in total. The smallest absolute Gasteiger partial charge is 0.259 e. The highest BCUT2D eigenvalue weighted by molar-refractivity contribution is 5.94. The molecule has 4 heterocycles. The molecule has 0 saturated carbocycles. The number of amides is 1. The van der Waals surface area contributed by atoms with E-state index >= 15 is 0 Å². The lowest BCUT2D eigenvalue weighted by atomic mass is 9.98. The summed E-state index contributed by atoms with van der Waals surface area (Å²) in [7, 11) is 1.79. The van der Waals surface area contributed by atoms with Gasteiger partial charge in [-0.05, 0) is 19.3 Å². The molecule has 3 aromatic heterocycles. The van der Waals surface area contributed by atoms with Crippen LogP contribution in [0.5, 0.6) is 0 Å². The summed E-state index contributed by atoms with van der Waals surface area (Å²) in [6.45, 7) is 0.667. The van der Waals surface area contributed by atoms with Gasteiger partial charge in [0.1, 0.15) is 0 Å². The second-order valence-electron chi connectivity index (χ2n) is 6.10. The maximum Gasteiger partial charge on any atom is 0.259 e. The van der Waals surface area contributed by atoms with E-state index in [0.717, 1.165) is 25.0 Å². The fourth-order valence-corrected chi connectivity index (χ4v) is 3.32. The molecule has 1 fully saturated rings. The summed E-state index contributed by atoms with van der Waals surface area (Å²) in [6.07, 6.45) is 9.29. The summed E-state index contributed by atoms with van der Waals surface area (Å²) >= 11 is 0. The number of aromatic amines is 1. The topological polar surface area (TPSA) is 88.3 Å². The minimum atomic E-state index is -0.152. The number of likely N-dealkylation sites (tertiary alicyclic amines) is 1. The molecular formula is C16H18N6O2. The van der Waals surface area contributed by atoms with Gasteiger partial charge in [-0.15, -0.1) is 0 Å². The fraction of sp³-hybridized carbons (Fsp3) is 0.375. The van der Waals surface area contributed by atoms with Crippen LogP contribution in [0.1, 0.15) is 41.4 Å². The Hall–Kier alpha value is -2.90. The van der Waals surface area contributed by atoms with Gasteiger partial charge < -0.3 is 9.88 Å². The standard InChI is InChI=1S/C16H18N6O2/c1-20-10-11(9-18-20)15(24)21-6-3-2-4-13(21)12-8-14(23)22-7-5-17-16(22)19-12/h5,7-10,13H,2-4,6H2,1H3,(H,17,19)/t13-/m0/s1. The Balaban J connectivity index is 1.73. The van der Waals surface area contributed by atoms with E-state index in [2.05, 4.69) is 15.1 Å². The molecule has 1 aliphatic rings. The number of imidazole rings is 1. The maximum atomic E-state index is 12.9. The van der Waals surface area contributed by atoms with Gasteiger partial charge in [0.05, 0.1) is 17.8 Å². The van der Waals surface area contributed by atoms with Crippen molar-refractivity contribution in [3.8, 4) is 0 Å².